The molecule has 90 valence electrons. The molecule has 1 aromatic rings. The Balaban J connectivity index is 2.09. The molecule has 0 saturated carbocycles. The van der Waals surface area contributed by atoms with Gasteiger partial charge in [0.25, 0.3) is 0 Å². The van der Waals surface area contributed by atoms with Crippen LogP contribution in [-0.4, -0.2) is 29.8 Å². The van der Waals surface area contributed by atoms with Crippen LogP contribution in [0.25, 0.3) is 0 Å². The molecule has 2 heterocycles. The van der Waals surface area contributed by atoms with Crippen LogP contribution in [0.5, 0.6) is 0 Å². The maximum absolute atomic E-state index is 5.62. The summed E-state index contributed by atoms with van der Waals surface area (Å²) in [6, 6.07) is 1.15. The fourth-order valence-corrected chi connectivity index (χ4v) is 2.19. The van der Waals surface area contributed by atoms with Gasteiger partial charge in [-0.3, -0.25) is 0 Å². The Kier molecular flexibility index (Phi) is 3.43. The second kappa shape index (κ2) is 4.82. The van der Waals surface area contributed by atoms with E-state index in [4.69, 9.17) is 4.42 Å². The summed E-state index contributed by atoms with van der Waals surface area (Å²) in [5, 5.41) is 11.1. The first kappa shape index (κ1) is 11.4. The zero-order chi connectivity index (χ0) is 11.5. The van der Waals surface area contributed by atoms with Crippen LogP contribution in [0, 0.1) is 5.92 Å². The molecule has 1 fully saturated rings. The number of hydrogen-bond donors (Lipinski definition) is 1. The van der Waals surface area contributed by atoms with Crippen molar-refractivity contribution in [3.05, 3.63) is 5.89 Å². The van der Waals surface area contributed by atoms with Crippen molar-refractivity contribution >= 4 is 6.01 Å². The topological polar surface area (TPSA) is 54.2 Å². The third-order valence-corrected chi connectivity index (χ3v) is 3.40. The van der Waals surface area contributed by atoms with Gasteiger partial charge in [0, 0.05) is 12.6 Å². The van der Waals surface area contributed by atoms with Crippen molar-refractivity contribution in [2.75, 3.05) is 18.5 Å². The molecule has 5 nitrogen and oxygen atoms in total. The normalized spacial score (nSPS) is 26.1. The van der Waals surface area contributed by atoms with E-state index >= 15 is 0 Å². The molecular weight excluding hydrogens is 204 g/mol. The summed E-state index contributed by atoms with van der Waals surface area (Å²) < 4.78 is 5.62. The lowest BCUT2D eigenvalue weighted by atomic mass is 9.92. The average molecular weight is 224 g/mol. The summed E-state index contributed by atoms with van der Waals surface area (Å²) in [5.41, 5.74) is 0. The molecule has 16 heavy (non-hydrogen) atoms. The third kappa shape index (κ3) is 2.19. The van der Waals surface area contributed by atoms with Gasteiger partial charge in [0.05, 0.1) is 6.54 Å². The van der Waals surface area contributed by atoms with Crippen LogP contribution in [0.2, 0.25) is 0 Å². The molecule has 0 amide bonds. The number of hydrogen-bond acceptors (Lipinski definition) is 5. The van der Waals surface area contributed by atoms with Crippen molar-refractivity contribution < 1.29 is 4.42 Å². The Bertz CT molecular complexity index is 338. The van der Waals surface area contributed by atoms with Gasteiger partial charge in [-0.05, 0) is 32.7 Å². The van der Waals surface area contributed by atoms with Crippen LogP contribution >= 0.6 is 0 Å². The lowest BCUT2D eigenvalue weighted by Crippen LogP contribution is -2.42. The molecule has 5 heteroatoms. The lowest BCUT2D eigenvalue weighted by molar-refractivity contribution is 0.339. The van der Waals surface area contributed by atoms with Crippen LogP contribution in [0.4, 0.5) is 6.01 Å². The Morgan fingerprint density at radius 2 is 2.25 bits per heavy atom. The number of rotatable bonds is 3. The predicted molar refractivity (Wildman–Crippen MR) is 62.3 cm³/mol. The average Bonchev–Trinajstić information content (AvgIpc) is 2.71. The van der Waals surface area contributed by atoms with E-state index in [1.54, 1.807) is 0 Å². The monoisotopic (exact) mass is 224 g/mol. The van der Waals surface area contributed by atoms with E-state index < -0.39 is 0 Å². The molecule has 1 aliphatic heterocycles. The second-order valence-corrected chi connectivity index (χ2v) is 4.56. The number of aromatic nitrogens is 2. The van der Waals surface area contributed by atoms with Crippen molar-refractivity contribution in [1.82, 2.24) is 15.5 Å². The highest BCUT2D eigenvalue weighted by molar-refractivity contribution is 5.27. The number of piperidine rings is 1. The highest BCUT2D eigenvalue weighted by Gasteiger charge is 2.28. The van der Waals surface area contributed by atoms with Gasteiger partial charge in [0.1, 0.15) is 0 Å². The van der Waals surface area contributed by atoms with Gasteiger partial charge in [-0.25, -0.2) is 0 Å². The molecule has 2 rings (SSSR count). The van der Waals surface area contributed by atoms with Crippen molar-refractivity contribution in [2.45, 2.75) is 39.3 Å². The molecule has 1 aliphatic rings. The van der Waals surface area contributed by atoms with E-state index in [1.165, 1.54) is 12.8 Å². The van der Waals surface area contributed by atoms with Crippen LogP contribution in [0.15, 0.2) is 4.42 Å². The van der Waals surface area contributed by atoms with E-state index in [9.17, 15) is 0 Å². The van der Waals surface area contributed by atoms with Crippen LogP contribution in [-0.2, 0) is 6.54 Å². The van der Waals surface area contributed by atoms with Gasteiger partial charge in [0.2, 0.25) is 5.89 Å². The fourth-order valence-electron chi connectivity index (χ4n) is 2.19. The maximum atomic E-state index is 5.62. The van der Waals surface area contributed by atoms with E-state index in [0.29, 0.717) is 30.4 Å². The van der Waals surface area contributed by atoms with Crippen molar-refractivity contribution in [3.63, 3.8) is 0 Å². The first-order valence-electron chi connectivity index (χ1n) is 5.96. The smallest absolute Gasteiger partial charge is 0.318 e. The minimum Gasteiger partial charge on any atom is -0.407 e. The molecule has 1 aromatic heterocycles. The molecule has 2 unspecified atom stereocenters. The van der Waals surface area contributed by atoms with Crippen LogP contribution < -0.4 is 10.2 Å². The third-order valence-electron chi connectivity index (χ3n) is 3.40. The van der Waals surface area contributed by atoms with Gasteiger partial charge in [-0.1, -0.05) is 12.0 Å². The summed E-state index contributed by atoms with van der Waals surface area (Å²) in [7, 11) is 1.87. The largest absolute Gasteiger partial charge is 0.407 e. The van der Waals surface area contributed by atoms with Gasteiger partial charge >= 0.3 is 6.01 Å². The standard InChI is InChI=1S/C11H20N4O/c1-8-5-4-6-15(9(8)2)11-14-13-10(16-11)7-12-3/h8-9,12H,4-7H2,1-3H3. The van der Waals surface area contributed by atoms with E-state index in [1.807, 2.05) is 7.05 Å². The van der Waals surface area contributed by atoms with Crippen molar-refractivity contribution in [3.8, 4) is 0 Å². The number of nitrogens with zero attached hydrogens (tertiary/aromatic N) is 3. The molecule has 0 aliphatic carbocycles. The molecule has 1 saturated heterocycles. The molecule has 1 N–H and O–H groups in total. The lowest BCUT2D eigenvalue weighted by Gasteiger charge is -2.36. The zero-order valence-corrected chi connectivity index (χ0v) is 10.2. The van der Waals surface area contributed by atoms with E-state index in [-0.39, 0.29) is 0 Å². The maximum Gasteiger partial charge on any atom is 0.318 e. The van der Waals surface area contributed by atoms with Gasteiger partial charge < -0.3 is 14.6 Å². The van der Waals surface area contributed by atoms with Gasteiger partial charge in [-0.2, -0.15) is 0 Å². The highest BCUT2D eigenvalue weighted by Crippen LogP contribution is 2.27. The Morgan fingerprint density at radius 3 is 3.00 bits per heavy atom. The summed E-state index contributed by atoms with van der Waals surface area (Å²) in [6.07, 6.45) is 2.49. The van der Waals surface area contributed by atoms with Crippen molar-refractivity contribution in [2.24, 2.45) is 5.92 Å². The van der Waals surface area contributed by atoms with Crippen LogP contribution in [0.1, 0.15) is 32.6 Å². The molecular formula is C11H20N4O. The van der Waals surface area contributed by atoms with E-state index in [0.717, 1.165) is 6.54 Å². The first-order valence-corrected chi connectivity index (χ1v) is 5.96. The van der Waals surface area contributed by atoms with Crippen LogP contribution in [0.3, 0.4) is 0 Å². The first-order chi connectivity index (χ1) is 7.72. The summed E-state index contributed by atoms with van der Waals surface area (Å²) in [6.45, 7) is 6.16. The summed E-state index contributed by atoms with van der Waals surface area (Å²) >= 11 is 0. The zero-order valence-electron chi connectivity index (χ0n) is 10.2. The molecule has 2 atom stereocenters. The van der Waals surface area contributed by atoms with E-state index in [2.05, 4.69) is 34.3 Å². The quantitative estimate of drug-likeness (QED) is 0.841. The SMILES string of the molecule is CNCc1nnc(N2CCCC(C)C2C)o1. The molecule has 0 radical (unpaired) electrons. The number of nitrogens with one attached hydrogen (secondary N) is 1. The Morgan fingerprint density at radius 1 is 1.44 bits per heavy atom. The summed E-state index contributed by atoms with van der Waals surface area (Å²) in [5.74, 6) is 1.34. The Hall–Kier alpha value is -1.10. The second-order valence-electron chi connectivity index (χ2n) is 4.56. The van der Waals surface area contributed by atoms with Gasteiger partial charge in [-0.15, -0.1) is 5.10 Å². The summed E-state index contributed by atoms with van der Waals surface area (Å²) in [4.78, 5) is 2.22. The minimum atomic E-state index is 0.483. The minimum absolute atomic E-state index is 0.483. The predicted octanol–water partition coefficient (Wildman–Crippen LogP) is 1.41. The number of anilines is 1. The highest BCUT2D eigenvalue weighted by atomic mass is 16.4. The molecule has 0 bridgehead atoms. The molecule has 0 spiro atoms. The fraction of sp³-hybridized carbons (Fsp3) is 0.818. The Labute approximate surface area is 96.2 Å². The molecule has 0 aromatic carbocycles. The van der Waals surface area contributed by atoms with Gasteiger partial charge in [0.15, 0.2) is 0 Å². The van der Waals surface area contributed by atoms with Crippen molar-refractivity contribution in [1.29, 1.82) is 0 Å².